The molecule has 1 aromatic heterocycles. The molecular formula is C29H32N2O2. The first kappa shape index (κ1) is 22.7. The van der Waals surface area contributed by atoms with Crippen LogP contribution >= 0.6 is 0 Å². The summed E-state index contributed by atoms with van der Waals surface area (Å²) in [5.74, 6) is 1.55. The number of aryl methyl sites for hydroxylation is 1. The maximum atomic E-state index is 13.0. The third kappa shape index (κ3) is 5.28. The smallest absolute Gasteiger partial charge is 0.221 e. The van der Waals surface area contributed by atoms with E-state index in [-0.39, 0.29) is 17.9 Å². The van der Waals surface area contributed by atoms with Gasteiger partial charge >= 0.3 is 0 Å². The van der Waals surface area contributed by atoms with E-state index in [0.29, 0.717) is 6.42 Å². The predicted octanol–water partition coefficient (Wildman–Crippen LogP) is 6.89. The van der Waals surface area contributed by atoms with Crippen molar-refractivity contribution < 1.29 is 9.53 Å². The summed E-state index contributed by atoms with van der Waals surface area (Å²) in [6.45, 7) is 7.16. The summed E-state index contributed by atoms with van der Waals surface area (Å²) in [7, 11) is 0. The van der Waals surface area contributed by atoms with Crippen molar-refractivity contribution >= 4 is 16.8 Å². The molecule has 4 nitrogen and oxygen atoms in total. The summed E-state index contributed by atoms with van der Waals surface area (Å²) < 4.78 is 8.36. The Hall–Kier alpha value is -3.53. The second kappa shape index (κ2) is 10.4. The maximum Gasteiger partial charge on any atom is 0.221 e. The Morgan fingerprint density at radius 3 is 2.42 bits per heavy atom. The second-order valence-corrected chi connectivity index (χ2v) is 8.51. The highest BCUT2D eigenvalue weighted by Gasteiger charge is 2.23. The molecule has 2 atom stereocenters. The van der Waals surface area contributed by atoms with E-state index in [2.05, 4.69) is 66.3 Å². The molecule has 0 saturated heterocycles. The van der Waals surface area contributed by atoms with Crippen LogP contribution in [0, 0.1) is 0 Å². The largest absolute Gasteiger partial charge is 0.457 e. The fraction of sp³-hybridized carbons (Fsp3) is 0.276. The number of amides is 1. The van der Waals surface area contributed by atoms with Crippen LogP contribution in [-0.2, 0) is 11.3 Å². The minimum Gasteiger partial charge on any atom is -0.457 e. The van der Waals surface area contributed by atoms with E-state index < -0.39 is 0 Å². The lowest BCUT2D eigenvalue weighted by molar-refractivity contribution is -0.121. The maximum absolute atomic E-state index is 13.0. The third-order valence-electron chi connectivity index (χ3n) is 6.18. The zero-order chi connectivity index (χ0) is 23.2. The van der Waals surface area contributed by atoms with Gasteiger partial charge in [0.05, 0.1) is 0 Å². The first-order chi connectivity index (χ1) is 16.1. The molecule has 4 aromatic rings. The summed E-state index contributed by atoms with van der Waals surface area (Å²) in [5, 5.41) is 4.34. The van der Waals surface area contributed by atoms with Gasteiger partial charge in [-0.05, 0) is 61.7 Å². The van der Waals surface area contributed by atoms with Crippen LogP contribution < -0.4 is 10.1 Å². The Morgan fingerprint density at radius 1 is 0.939 bits per heavy atom. The van der Waals surface area contributed by atoms with Crippen molar-refractivity contribution in [3.8, 4) is 11.5 Å². The first-order valence-electron chi connectivity index (χ1n) is 11.8. The number of nitrogens with zero attached hydrogens (tertiary/aromatic N) is 1. The SMILES string of the molecule is CC[C@@H](C)NC(=O)C[C@@H](c1cccc(Oc2ccccc2)c1)c1cn(CC)c2ccccc12. The van der Waals surface area contributed by atoms with Gasteiger partial charge in [0.2, 0.25) is 5.91 Å². The van der Waals surface area contributed by atoms with Gasteiger partial charge in [-0.3, -0.25) is 4.79 Å². The van der Waals surface area contributed by atoms with Gasteiger partial charge in [-0.1, -0.05) is 55.5 Å². The highest BCUT2D eigenvalue weighted by atomic mass is 16.5. The standard InChI is InChI=1S/C29H32N2O2/c1-4-21(3)30-29(32)19-26(27-20-31(5-2)28-17-10-9-16-25(27)28)22-12-11-15-24(18-22)33-23-13-7-6-8-14-23/h6-18,20-21,26H,4-5,19H2,1-3H3,(H,30,32)/t21-,26+/m1/s1. The van der Waals surface area contributed by atoms with Crippen molar-refractivity contribution in [3.05, 3.63) is 96.2 Å². The summed E-state index contributed by atoms with van der Waals surface area (Å²) in [4.78, 5) is 13.0. The van der Waals surface area contributed by atoms with Crippen LogP contribution in [0.2, 0.25) is 0 Å². The highest BCUT2D eigenvalue weighted by Crippen LogP contribution is 2.36. The Morgan fingerprint density at radius 2 is 1.67 bits per heavy atom. The van der Waals surface area contributed by atoms with Crippen molar-refractivity contribution in [2.24, 2.45) is 0 Å². The highest BCUT2D eigenvalue weighted by molar-refractivity contribution is 5.86. The quantitative estimate of drug-likeness (QED) is 0.308. The molecule has 0 spiro atoms. The zero-order valence-corrected chi connectivity index (χ0v) is 19.6. The van der Waals surface area contributed by atoms with Gasteiger partial charge in [-0.2, -0.15) is 0 Å². The molecule has 33 heavy (non-hydrogen) atoms. The zero-order valence-electron chi connectivity index (χ0n) is 19.6. The van der Waals surface area contributed by atoms with Crippen LogP contribution in [0.3, 0.4) is 0 Å². The number of nitrogens with one attached hydrogen (secondary N) is 1. The van der Waals surface area contributed by atoms with Crippen LogP contribution in [0.5, 0.6) is 11.5 Å². The summed E-state index contributed by atoms with van der Waals surface area (Å²) in [5.41, 5.74) is 3.43. The van der Waals surface area contributed by atoms with Crippen LogP contribution in [0.15, 0.2) is 85.1 Å². The van der Waals surface area contributed by atoms with Crippen molar-refractivity contribution in [2.75, 3.05) is 0 Å². The third-order valence-corrected chi connectivity index (χ3v) is 6.18. The first-order valence-corrected chi connectivity index (χ1v) is 11.8. The van der Waals surface area contributed by atoms with E-state index in [1.807, 2.05) is 49.4 Å². The Kier molecular flexibility index (Phi) is 7.13. The van der Waals surface area contributed by atoms with Crippen molar-refractivity contribution in [1.82, 2.24) is 9.88 Å². The summed E-state index contributed by atoms with van der Waals surface area (Å²) in [6, 6.07) is 26.5. The van der Waals surface area contributed by atoms with Crippen LogP contribution in [0.4, 0.5) is 0 Å². The number of carbonyl (C=O) groups excluding carboxylic acids is 1. The topological polar surface area (TPSA) is 43.3 Å². The van der Waals surface area contributed by atoms with Crippen LogP contribution in [-0.4, -0.2) is 16.5 Å². The van der Waals surface area contributed by atoms with Gasteiger partial charge in [0, 0.05) is 42.0 Å². The van der Waals surface area contributed by atoms with E-state index >= 15 is 0 Å². The molecule has 0 aliphatic carbocycles. The molecule has 1 heterocycles. The lowest BCUT2D eigenvalue weighted by Crippen LogP contribution is -2.33. The molecule has 4 rings (SSSR count). The fourth-order valence-electron chi connectivity index (χ4n) is 4.26. The van der Waals surface area contributed by atoms with Gasteiger partial charge < -0.3 is 14.6 Å². The second-order valence-electron chi connectivity index (χ2n) is 8.51. The van der Waals surface area contributed by atoms with Crippen LogP contribution in [0.1, 0.15) is 50.7 Å². The molecule has 1 amide bonds. The number of fused-ring (bicyclic) bond motifs is 1. The van der Waals surface area contributed by atoms with E-state index in [9.17, 15) is 4.79 Å². The van der Waals surface area contributed by atoms with Gasteiger partial charge in [0.15, 0.2) is 0 Å². The predicted molar refractivity (Wildman–Crippen MR) is 135 cm³/mol. The molecule has 0 saturated carbocycles. The molecule has 0 bridgehead atoms. The average molecular weight is 441 g/mol. The fourth-order valence-corrected chi connectivity index (χ4v) is 4.26. The number of aromatic nitrogens is 1. The van der Waals surface area contributed by atoms with Crippen molar-refractivity contribution in [1.29, 1.82) is 0 Å². The minimum absolute atomic E-state index is 0.0667. The molecule has 0 aliphatic rings. The molecular weight excluding hydrogens is 408 g/mol. The lowest BCUT2D eigenvalue weighted by atomic mass is 9.87. The van der Waals surface area contributed by atoms with Crippen molar-refractivity contribution in [3.63, 3.8) is 0 Å². The molecule has 3 aromatic carbocycles. The van der Waals surface area contributed by atoms with Crippen LogP contribution in [0.25, 0.3) is 10.9 Å². The molecule has 0 radical (unpaired) electrons. The minimum atomic E-state index is -0.0777. The number of benzene rings is 3. The average Bonchev–Trinajstić information content (AvgIpc) is 3.22. The molecule has 0 aliphatic heterocycles. The Labute approximate surface area is 196 Å². The Bertz CT molecular complexity index is 1210. The molecule has 0 fully saturated rings. The van der Waals surface area contributed by atoms with Gasteiger partial charge in [0.1, 0.15) is 11.5 Å². The number of hydrogen-bond acceptors (Lipinski definition) is 2. The molecule has 1 N–H and O–H groups in total. The summed E-state index contributed by atoms with van der Waals surface area (Å²) in [6.07, 6.45) is 3.50. The van der Waals surface area contributed by atoms with Gasteiger partial charge in [0.25, 0.3) is 0 Å². The number of ether oxygens (including phenoxy) is 1. The van der Waals surface area contributed by atoms with Crippen molar-refractivity contribution in [2.45, 2.75) is 52.1 Å². The summed E-state index contributed by atoms with van der Waals surface area (Å²) >= 11 is 0. The van der Waals surface area contributed by atoms with E-state index in [0.717, 1.165) is 30.0 Å². The van der Waals surface area contributed by atoms with E-state index in [1.165, 1.54) is 16.5 Å². The van der Waals surface area contributed by atoms with Gasteiger partial charge in [-0.15, -0.1) is 0 Å². The molecule has 170 valence electrons. The number of rotatable bonds is 9. The van der Waals surface area contributed by atoms with Gasteiger partial charge in [-0.25, -0.2) is 0 Å². The van der Waals surface area contributed by atoms with E-state index in [1.54, 1.807) is 0 Å². The normalized spacial score (nSPS) is 12.9. The molecule has 0 unspecified atom stereocenters. The Balaban J connectivity index is 1.74. The lowest BCUT2D eigenvalue weighted by Gasteiger charge is -2.20. The number of hydrogen-bond donors (Lipinski definition) is 1. The monoisotopic (exact) mass is 440 g/mol. The molecule has 4 heteroatoms. The number of para-hydroxylation sites is 2. The van der Waals surface area contributed by atoms with E-state index in [4.69, 9.17) is 4.74 Å². The number of carbonyl (C=O) groups is 1.